The van der Waals surface area contributed by atoms with Crippen LogP contribution in [0.3, 0.4) is 0 Å². The highest BCUT2D eigenvalue weighted by Crippen LogP contribution is 2.19. The highest BCUT2D eigenvalue weighted by Gasteiger charge is 2.30. The number of nitrogens with zero attached hydrogens (tertiary/aromatic N) is 2. The lowest BCUT2D eigenvalue weighted by Crippen LogP contribution is -2.33. The van der Waals surface area contributed by atoms with E-state index in [1.54, 1.807) is 18.2 Å². The van der Waals surface area contributed by atoms with E-state index in [-0.39, 0.29) is 17.9 Å². The Bertz CT molecular complexity index is 629. The summed E-state index contributed by atoms with van der Waals surface area (Å²) >= 11 is 1.45. The van der Waals surface area contributed by atoms with Crippen molar-refractivity contribution in [2.75, 3.05) is 18.6 Å². The van der Waals surface area contributed by atoms with Crippen molar-refractivity contribution in [1.82, 2.24) is 0 Å². The molecule has 26 heavy (non-hydrogen) atoms. The summed E-state index contributed by atoms with van der Waals surface area (Å²) in [4.78, 5) is 21.4. The molecule has 0 bridgehead atoms. The molecule has 1 N–H and O–H groups in total. The first kappa shape index (κ1) is 21.9. The van der Waals surface area contributed by atoms with Gasteiger partial charge in [0, 0.05) is 17.9 Å². The molecule has 1 rings (SSSR count). The molecule has 0 saturated heterocycles. The molecule has 0 saturated carbocycles. The molecule has 1 unspecified atom stereocenters. The maximum absolute atomic E-state index is 11.2. The fourth-order valence-corrected chi connectivity index (χ4v) is 3.40. The summed E-state index contributed by atoms with van der Waals surface area (Å²) in [6, 6.07) is 8.40. The van der Waals surface area contributed by atoms with Crippen LogP contribution in [0, 0.1) is 21.4 Å². The number of aryl methyl sites for hydroxylation is 1. The lowest BCUT2D eigenvalue weighted by molar-refractivity contribution is -0.384. The zero-order valence-electron chi connectivity index (χ0n) is 14.8. The number of hydrogen-bond acceptors (Lipinski definition) is 7. The standard InChI is InChI=1S/C18H24N2O5S/c1-25-17(21)12-18(22,13-19)14-26-11-5-3-2-4-6-15-7-9-16(10-8-15)20(23)24/h7-10,22H,2-6,11-12,14H2,1H3. The summed E-state index contributed by atoms with van der Waals surface area (Å²) in [6.45, 7) is 0. The van der Waals surface area contributed by atoms with E-state index in [4.69, 9.17) is 5.26 Å². The van der Waals surface area contributed by atoms with Crippen molar-refractivity contribution in [3.05, 3.63) is 39.9 Å². The third-order valence-electron chi connectivity index (χ3n) is 3.86. The smallest absolute Gasteiger partial charge is 0.309 e. The van der Waals surface area contributed by atoms with E-state index in [0.717, 1.165) is 43.4 Å². The van der Waals surface area contributed by atoms with E-state index in [9.17, 15) is 20.0 Å². The van der Waals surface area contributed by atoms with Gasteiger partial charge in [-0.3, -0.25) is 14.9 Å². The van der Waals surface area contributed by atoms with Crippen LogP contribution >= 0.6 is 11.8 Å². The van der Waals surface area contributed by atoms with Crippen molar-refractivity contribution >= 4 is 23.4 Å². The Morgan fingerprint density at radius 2 is 1.96 bits per heavy atom. The number of aliphatic hydroxyl groups is 1. The minimum atomic E-state index is -1.67. The average Bonchev–Trinajstić information content (AvgIpc) is 2.64. The fraction of sp³-hybridized carbons (Fsp3) is 0.556. The Labute approximate surface area is 157 Å². The summed E-state index contributed by atoms with van der Waals surface area (Å²) in [5, 5.41) is 29.6. The molecule has 0 aliphatic heterocycles. The molecule has 0 fully saturated rings. The Hall–Kier alpha value is -2.11. The van der Waals surface area contributed by atoms with Gasteiger partial charge in [-0.25, -0.2) is 0 Å². The molecule has 1 aromatic carbocycles. The van der Waals surface area contributed by atoms with E-state index in [0.29, 0.717) is 0 Å². The number of non-ortho nitro benzene ring substituents is 1. The first-order valence-corrected chi connectivity index (χ1v) is 9.57. The summed E-state index contributed by atoms with van der Waals surface area (Å²) < 4.78 is 4.48. The van der Waals surface area contributed by atoms with Gasteiger partial charge in [-0.1, -0.05) is 25.0 Å². The van der Waals surface area contributed by atoms with Crippen molar-refractivity contribution in [3.63, 3.8) is 0 Å². The van der Waals surface area contributed by atoms with Gasteiger partial charge >= 0.3 is 5.97 Å². The molecule has 7 nitrogen and oxygen atoms in total. The van der Waals surface area contributed by atoms with Crippen molar-refractivity contribution in [2.45, 2.75) is 44.1 Å². The quantitative estimate of drug-likeness (QED) is 0.195. The van der Waals surface area contributed by atoms with Gasteiger partial charge in [0.2, 0.25) is 0 Å². The predicted molar refractivity (Wildman–Crippen MR) is 99.8 cm³/mol. The largest absolute Gasteiger partial charge is 0.469 e. The molecule has 0 amide bonds. The maximum Gasteiger partial charge on any atom is 0.309 e. The Balaban J connectivity index is 2.13. The Kier molecular flexibility index (Phi) is 9.70. The number of methoxy groups -OCH3 is 1. The first-order valence-electron chi connectivity index (χ1n) is 8.42. The molecule has 0 aliphatic carbocycles. The monoisotopic (exact) mass is 380 g/mol. The van der Waals surface area contributed by atoms with Crippen molar-refractivity contribution in [3.8, 4) is 6.07 Å². The van der Waals surface area contributed by atoms with Gasteiger partial charge in [0.25, 0.3) is 5.69 Å². The number of nitriles is 1. The van der Waals surface area contributed by atoms with Gasteiger partial charge in [-0.05, 0) is 30.6 Å². The van der Waals surface area contributed by atoms with Crippen LogP contribution in [-0.4, -0.2) is 40.2 Å². The third kappa shape index (κ3) is 8.32. The van der Waals surface area contributed by atoms with Crippen LogP contribution in [0.1, 0.15) is 37.7 Å². The number of esters is 1. The third-order valence-corrected chi connectivity index (χ3v) is 5.12. The Morgan fingerprint density at radius 3 is 2.54 bits per heavy atom. The molecule has 0 spiro atoms. The minimum absolute atomic E-state index is 0.107. The van der Waals surface area contributed by atoms with Crippen molar-refractivity contribution < 1.29 is 19.6 Å². The van der Waals surface area contributed by atoms with E-state index < -0.39 is 16.5 Å². The van der Waals surface area contributed by atoms with Crippen molar-refractivity contribution in [1.29, 1.82) is 5.26 Å². The van der Waals surface area contributed by atoms with Gasteiger partial charge < -0.3 is 9.84 Å². The van der Waals surface area contributed by atoms with Gasteiger partial charge in [-0.15, -0.1) is 0 Å². The van der Waals surface area contributed by atoms with Crippen LogP contribution in [0.15, 0.2) is 24.3 Å². The Morgan fingerprint density at radius 1 is 1.31 bits per heavy atom. The van der Waals surface area contributed by atoms with E-state index in [2.05, 4.69) is 4.74 Å². The van der Waals surface area contributed by atoms with Crippen LogP contribution in [0.25, 0.3) is 0 Å². The molecule has 0 aromatic heterocycles. The number of benzene rings is 1. The number of unbranched alkanes of at least 4 members (excludes halogenated alkanes) is 3. The van der Waals surface area contributed by atoms with Gasteiger partial charge in [0.05, 0.1) is 24.5 Å². The second-order valence-electron chi connectivity index (χ2n) is 6.04. The van der Waals surface area contributed by atoms with Crippen LogP contribution in [0.2, 0.25) is 0 Å². The lowest BCUT2D eigenvalue weighted by atomic mass is 10.1. The number of nitro groups is 1. The number of carbonyl (C=O) groups is 1. The van der Waals surface area contributed by atoms with Gasteiger partial charge in [0.1, 0.15) is 0 Å². The zero-order valence-corrected chi connectivity index (χ0v) is 15.7. The second-order valence-corrected chi connectivity index (χ2v) is 7.14. The molecule has 0 heterocycles. The molecular formula is C18H24N2O5S. The van der Waals surface area contributed by atoms with Crippen LogP contribution in [-0.2, 0) is 16.0 Å². The van der Waals surface area contributed by atoms with E-state index in [1.807, 2.05) is 0 Å². The number of carbonyl (C=O) groups excluding carboxylic acids is 1. The van der Waals surface area contributed by atoms with E-state index in [1.165, 1.54) is 31.0 Å². The molecule has 1 atom stereocenters. The van der Waals surface area contributed by atoms with Crippen molar-refractivity contribution in [2.24, 2.45) is 0 Å². The summed E-state index contributed by atoms with van der Waals surface area (Å²) in [5.74, 6) is 0.394. The molecule has 1 aromatic rings. The SMILES string of the molecule is COC(=O)CC(O)(C#N)CSCCCCCCc1ccc([N+](=O)[O-])cc1. The van der Waals surface area contributed by atoms with Crippen LogP contribution < -0.4 is 0 Å². The predicted octanol–water partition coefficient (Wildman–Crippen LogP) is 3.25. The molecule has 142 valence electrons. The number of ether oxygens (including phenoxy) is 1. The van der Waals surface area contributed by atoms with Crippen LogP contribution in [0.4, 0.5) is 5.69 Å². The summed E-state index contributed by atoms with van der Waals surface area (Å²) in [6.07, 6.45) is 4.61. The highest BCUT2D eigenvalue weighted by atomic mass is 32.2. The highest BCUT2D eigenvalue weighted by molar-refractivity contribution is 7.99. The van der Waals surface area contributed by atoms with Gasteiger partial charge in [-0.2, -0.15) is 17.0 Å². The van der Waals surface area contributed by atoms with Crippen LogP contribution in [0.5, 0.6) is 0 Å². The molecular weight excluding hydrogens is 356 g/mol. The second kappa shape index (κ2) is 11.5. The van der Waals surface area contributed by atoms with Gasteiger partial charge in [0.15, 0.2) is 5.60 Å². The summed E-state index contributed by atoms with van der Waals surface area (Å²) in [5.41, 5.74) is -0.476. The topological polar surface area (TPSA) is 113 Å². The summed E-state index contributed by atoms with van der Waals surface area (Å²) in [7, 11) is 1.23. The number of hydrogen-bond donors (Lipinski definition) is 1. The fourth-order valence-electron chi connectivity index (χ4n) is 2.35. The molecule has 0 aliphatic rings. The molecule has 8 heteroatoms. The first-order chi connectivity index (χ1) is 12.4. The average molecular weight is 380 g/mol. The minimum Gasteiger partial charge on any atom is -0.469 e. The normalized spacial score (nSPS) is 12.8. The number of rotatable bonds is 12. The number of thioether (sulfide) groups is 1. The molecule has 0 radical (unpaired) electrons. The lowest BCUT2D eigenvalue weighted by Gasteiger charge is -2.18. The van der Waals surface area contributed by atoms with E-state index >= 15 is 0 Å². The zero-order chi connectivity index (χ0) is 19.4. The maximum atomic E-state index is 11.2. The number of nitro benzene ring substituents is 1.